The van der Waals surface area contributed by atoms with Gasteiger partial charge in [0.05, 0.1) is 14.1 Å². The van der Waals surface area contributed by atoms with Crippen LogP contribution in [0.4, 0.5) is 4.39 Å². The quantitative estimate of drug-likeness (QED) is 0.603. The highest BCUT2D eigenvalue weighted by molar-refractivity contribution is 6.05. The van der Waals surface area contributed by atoms with Crippen LogP contribution in [0.5, 0.6) is 11.5 Å². The monoisotopic (exact) mass is 415 g/mol. The highest BCUT2D eigenvalue weighted by Crippen LogP contribution is 2.35. The van der Waals surface area contributed by atoms with Gasteiger partial charge in [-0.3, -0.25) is 4.79 Å². The second kappa shape index (κ2) is 7.89. The Bertz CT molecular complexity index is 1140. The summed E-state index contributed by atoms with van der Waals surface area (Å²) in [6.45, 7) is 2.81. The molecule has 0 bridgehead atoms. The van der Waals surface area contributed by atoms with Crippen molar-refractivity contribution >= 4 is 22.8 Å². The number of aliphatic hydroxyl groups is 1. The fourth-order valence-corrected chi connectivity index (χ4v) is 3.40. The summed E-state index contributed by atoms with van der Waals surface area (Å²) in [4.78, 5) is 25.1. The Kier molecular flexibility index (Phi) is 5.65. The van der Waals surface area contributed by atoms with Gasteiger partial charge in [-0.15, -0.1) is 0 Å². The topological polar surface area (TPSA) is 103 Å². The summed E-state index contributed by atoms with van der Waals surface area (Å²) in [5.74, 6) is -1.28. The van der Waals surface area contributed by atoms with Gasteiger partial charge in [0, 0.05) is 11.5 Å². The number of fused-ring (bicyclic) bond motifs is 1. The fourth-order valence-electron chi connectivity index (χ4n) is 3.40. The van der Waals surface area contributed by atoms with Crippen molar-refractivity contribution in [1.29, 1.82) is 0 Å². The van der Waals surface area contributed by atoms with Gasteiger partial charge in [-0.1, -0.05) is 18.2 Å². The number of likely N-dealkylation sites (N-methyl/N-ethyl adjacent to an activating group) is 1. The van der Waals surface area contributed by atoms with Crippen molar-refractivity contribution in [2.24, 2.45) is 5.73 Å². The molecule has 1 atom stereocenters. The number of aliphatic hydroxyl groups excluding tert-OH is 1. The minimum Gasteiger partial charge on any atom is -0.460 e. The summed E-state index contributed by atoms with van der Waals surface area (Å²) in [5.41, 5.74) is 6.52. The lowest BCUT2D eigenvalue weighted by molar-refractivity contribution is -0.825. The van der Waals surface area contributed by atoms with Crippen LogP contribution in [0.3, 0.4) is 0 Å². The summed E-state index contributed by atoms with van der Waals surface area (Å²) in [6, 6.07) is 8.57. The first-order valence-corrected chi connectivity index (χ1v) is 9.32. The second-order valence-electron chi connectivity index (χ2n) is 7.63. The number of halogens is 1. The molecule has 1 heterocycles. The van der Waals surface area contributed by atoms with Gasteiger partial charge in [0.1, 0.15) is 29.3 Å². The molecule has 3 N–H and O–H groups in total. The van der Waals surface area contributed by atoms with Crippen molar-refractivity contribution in [3.63, 3.8) is 0 Å². The lowest BCUT2D eigenvalue weighted by Crippen LogP contribution is -2.60. The molecule has 7 nitrogen and oxygen atoms in total. The molecule has 0 fully saturated rings. The van der Waals surface area contributed by atoms with E-state index in [1.807, 2.05) is 19.1 Å². The molecule has 0 saturated heterocycles. The molecule has 0 saturated carbocycles. The maximum absolute atomic E-state index is 14.6. The minimum absolute atomic E-state index is 0.0643. The average Bonchev–Trinajstić information content (AvgIpc) is 2.97. The Labute approximate surface area is 173 Å². The number of carbonyl (C=O) groups is 2. The normalized spacial score (nSPS) is 12.7. The Morgan fingerprint density at radius 1 is 1.20 bits per heavy atom. The number of primary amides is 1. The third kappa shape index (κ3) is 3.67. The van der Waals surface area contributed by atoms with Crippen LogP contribution in [0, 0.1) is 19.7 Å². The number of ether oxygens (including phenoxy) is 1. The zero-order valence-electron chi connectivity index (χ0n) is 17.2. The Balaban J connectivity index is 2.12. The van der Waals surface area contributed by atoms with Crippen LogP contribution in [-0.2, 0) is 4.79 Å². The van der Waals surface area contributed by atoms with Gasteiger partial charge >= 0.3 is 5.91 Å². The zero-order valence-corrected chi connectivity index (χ0v) is 17.2. The number of rotatable bonds is 6. The van der Waals surface area contributed by atoms with E-state index in [1.165, 1.54) is 20.2 Å². The molecule has 0 radical (unpaired) electrons. The number of amides is 2. The zero-order chi connectivity index (χ0) is 22.2. The molecule has 2 aromatic carbocycles. The molecular formula is C22H24FN2O5+. The van der Waals surface area contributed by atoms with E-state index in [1.54, 1.807) is 19.1 Å². The van der Waals surface area contributed by atoms with Gasteiger partial charge in [-0.2, -0.15) is 0 Å². The third-order valence-electron chi connectivity index (χ3n) is 5.25. The van der Waals surface area contributed by atoms with Crippen LogP contribution >= 0.6 is 0 Å². The van der Waals surface area contributed by atoms with Crippen LogP contribution in [0.1, 0.15) is 21.7 Å². The molecule has 3 rings (SSSR count). The largest absolute Gasteiger partial charge is 0.460 e. The maximum atomic E-state index is 14.6. The molecule has 1 aromatic heterocycles. The van der Waals surface area contributed by atoms with Gasteiger partial charge in [0.25, 0.3) is 5.91 Å². The van der Waals surface area contributed by atoms with Gasteiger partial charge in [-0.25, -0.2) is 13.7 Å². The highest BCUT2D eigenvalue weighted by Gasteiger charge is 2.42. The molecule has 8 heteroatoms. The first-order valence-electron chi connectivity index (χ1n) is 9.32. The number of benzene rings is 2. The van der Waals surface area contributed by atoms with Gasteiger partial charge in [0.15, 0.2) is 17.6 Å². The van der Waals surface area contributed by atoms with Crippen LogP contribution in [-0.4, -0.2) is 48.1 Å². The minimum atomic E-state index is -1.15. The number of aryl methyl sites for hydroxylation is 2. The number of hydrogen-bond acceptors (Lipinski definition) is 5. The molecule has 3 aromatic rings. The van der Waals surface area contributed by atoms with Gasteiger partial charge < -0.3 is 20.0 Å². The van der Waals surface area contributed by atoms with E-state index in [0.29, 0.717) is 11.1 Å². The van der Waals surface area contributed by atoms with Crippen molar-refractivity contribution < 1.29 is 32.7 Å². The van der Waals surface area contributed by atoms with E-state index in [4.69, 9.17) is 14.9 Å². The molecule has 158 valence electrons. The molecule has 30 heavy (non-hydrogen) atoms. The summed E-state index contributed by atoms with van der Waals surface area (Å²) >= 11 is 0. The molecule has 0 aliphatic heterocycles. The third-order valence-corrected chi connectivity index (χ3v) is 5.25. The van der Waals surface area contributed by atoms with Crippen LogP contribution in [0.15, 0.2) is 40.8 Å². The summed E-state index contributed by atoms with van der Waals surface area (Å²) < 4.78 is 25.4. The predicted octanol–water partition coefficient (Wildman–Crippen LogP) is 3.04. The summed E-state index contributed by atoms with van der Waals surface area (Å²) in [6.07, 6.45) is 0. The fraction of sp³-hybridized carbons (Fsp3) is 0.273. The number of furan rings is 1. The van der Waals surface area contributed by atoms with E-state index in [-0.39, 0.29) is 22.7 Å². The highest BCUT2D eigenvalue weighted by atomic mass is 19.1. The smallest absolute Gasteiger partial charge is 0.350 e. The van der Waals surface area contributed by atoms with Crippen molar-refractivity contribution in [3.05, 3.63) is 59.1 Å². The van der Waals surface area contributed by atoms with Crippen molar-refractivity contribution in [1.82, 2.24) is 0 Å². The van der Waals surface area contributed by atoms with Crippen LogP contribution < -0.4 is 10.5 Å². The SMILES string of the molecule is Cc1ccccc1Oc1cc2c(C(=O)[N+](C)(C)C(CO)C(N)=O)c(C)oc2cc1F. The maximum Gasteiger partial charge on any atom is 0.350 e. The molecule has 2 amide bonds. The summed E-state index contributed by atoms with van der Waals surface area (Å²) in [7, 11) is 2.95. The predicted molar refractivity (Wildman–Crippen MR) is 109 cm³/mol. The number of nitrogens with two attached hydrogens (primary N) is 1. The van der Waals surface area contributed by atoms with E-state index < -0.39 is 34.8 Å². The first kappa shape index (κ1) is 21.5. The van der Waals surface area contributed by atoms with Crippen molar-refractivity contribution in [2.75, 3.05) is 20.7 Å². The van der Waals surface area contributed by atoms with E-state index >= 15 is 0 Å². The molecule has 1 unspecified atom stereocenters. The molecule has 0 spiro atoms. The number of para-hydroxylation sites is 1. The number of hydrogen-bond donors (Lipinski definition) is 2. The Hall–Kier alpha value is -3.23. The lowest BCUT2D eigenvalue weighted by Gasteiger charge is -2.32. The summed E-state index contributed by atoms with van der Waals surface area (Å²) in [5, 5.41) is 9.91. The second-order valence-corrected chi connectivity index (χ2v) is 7.63. The van der Waals surface area contributed by atoms with Crippen LogP contribution in [0.2, 0.25) is 0 Å². The number of carbonyl (C=O) groups excluding carboxylic acids is 2. The average molecular weight is 415 g/mol. The van der Waals surface area contributed by atoms with Gasteiger partial charge in [0.2, 0.25) is 0 Å². The van der Waals surface area contributed by atoms with Crippen LogP contribution in [0.25, 0.3) is 11.0 Å². The van der Waals surface area contributed by atoms with Crippen molar-refractivity contribution in [3.8, 4) is 11.5 Å². The molecule has 0 aliphatic carbocycles. The van der Waals surface area contributed by atoms with Crippen molar-refractivity contribution in [2.45, 2.75) is 19.9 Å². The van der Waals surface area contributed by atoms with E-state index in [9.17, 15) is 19.1 Å². The molecular weight excluding hydrogens is 391 g/mol. The first-order chi connectivity index (χ1) is 14.1. The van der Waals surface area contributed by atoms with E-state index in [2.05, 4.69) is 0 Å². The van der Waals surface area contributed by atoms with Gasteiger partial charge in [-0.05, 0) is 31.5 Å². The Morgan fingerprint density at radius 2 is 1.87 bits per heavy atom. The number of quaternary nitrogens is 1. The Morgan fingerprint density at radius 3 is 2.47 bits per heavy atom. The molecule has 0 aliphatic rings. The standard InChI is InChI=1S/C22H23FN2O5/c1-12-7-5-6-8-17(12)30-19-9-14-18(10-15(19)23)29-13(2)20(14)22(28)25(3,4)16(11-26)21(24)27/h5-10,16,26H,11H2,1-4H3,(H-,24,27)/p+1. The lowest BCUT2D eigenvalue weighted by atomic mass is 10.1. The van der Waals surface area contributed by atoms with E-state index in [0.717, 1.165) is 11.6 Å². The number of nitrogens with zero attached hydrogens (tertiary/aromatic N) is 1.